The average Bonchev–Trinajstić information content (AvgIpc) is 2.34. The van der Waals surface area contributed by atoms with E-state index in [1.807, 2.05) is 7.05 Å². The highest BCUT2D eigenvalue weighted by molar-refractivity contribution is 7.89. The minimum atomic E-state index is -3.56. The summed E-state index contributed by atoms with van der Waals surface area (Å²) in [6.45, 7) is 2.96. The number of pyridine rings is 1. The number of aromatic amines is 1. The number of aromatic nitrogens is 1. The largest absolute Gasteiger partial charge is 0.328 e. The quantitative estimate of drug-likeness (QED) is 0.827. The fourth-order valence-electron chi connectivity index (χ4n) is 2.25. The van der Waals surface area contributed by atoms with Crippen LogP contribution < -0.4 is 10.3 Å². The molecule has 0 bridgehead atoms. The van der Waals surface area contributed by atoms with Crippen LogP contribution in [0.25, 0.3) is 0 Å². The highest BCUT2D eigenvalue weighted by atomic mass is 32.2. The third kappa shape index (κ3) is 3.43. The van der Waals surface area contributed by atoms with Crippen LogP contribution in [0.4, 0.5) is 0 Å². The molecule has 2 unspecified atom stereocenters. The summed E-state index contributed by atoms with van der Waals surface area (Å²) in [4.78, 5) is 15.6. The van der Waals surface area contributed by atoms with Gasteiger partial charge in [0.2, 0.25) is 15.6 Å². The molecule has 1 aliphatic heterocycles. The standard InChI is InChI=1S/C12H19N3O3S/c1-9-7-10(5-6-15(9)2)14-19(17,18)11-3-4-12(16)13-8-11/h3-4,8-10,14H,5-7H2,1-2H3,(H,13,16). The number of hydrogen-bond donors (Lipinski definition) is 2. The summed E-state index contributed by atoms with van der Waals surface area (Å²) in [5.74, 6) is 0. The lowest BCUT2D eigenvalue weighted by molar-refractivity contribution is 0.178. The highest BCUT2D eigenvalue weighted by Gasteiger charge is 2.27. The van der Waals surface area contributed by atoms with Gasteiger partial charge in [0.05, 0.1) is 4.90 Å². The van der Waals surface area contributed by atoms with Crippen LogP contribution in [0.1, 0.15) is 19.8 Å². The molecule has 6 nitrogen and oxygen atoms in total. The maximum absolute atomic E-state index is 12.2. The molecule has 2 atom stereocenters. The van der Waals surface area contributed by atoms with Crippen molar-refractivity contribution >= 4 is 10.0 Å². The molecule has 2 heterocycles. The van der Waals surface area contributed by atoms with Crippen LogP contribution in [0, 0.1) is 0 Å². The van der Waals surface area contributed by atoms with E-state index in [-0.39, 0.29) is 16.5 Å². The van der Waals surface area contributed by atoms with Crippen LogP contribution in [0.15, 0.2) is 28.0 Å². The number of hydrogen-bond acceptors (Lipinski definition) is 4. The molecule has 0 saturated carbocycles. The molecule has 1 aromatic heterocycles. The van der Waals surface area contributed by atoms with Crippen molar-refractivity contribution in [3.63, 3.8) is 0 Å². The number of likely N-dealkylation sites (tertiary alicyclic amines) is 1. The first kappa shape index (κ1) is 14.2. The van der Waals surface area contributed by atoms with Crippen LogP contribution in [0.3, 0.4) is 0 Å². The van der Waals surface area contributed by atoms with E-state index in [9.17, 15) is 13.2 Å². The normalized spacial score (nSPS) is 25.4. The molecule has 106 valence electrons. The SMILES string of the molecule is CC1CC(NS(=O)(=O)c2ccc(=O)[nH]c2)CCN1C. The zero-order chi connectivity index (χ0) is 14.0. The molecule has 1 saturated heterocycles. The van der Waals surface area contributed by atoms with Crippen molar-refractivity contribution in [2.75, 3.05) is 13.6 Å². The van der Waals surface area contributed by atoms with Gasteiger partial charge in [0, 0.05) is 24.3 Å². The van der Waals surface area contributed by atoms with Gasteiger partial charge in [-0.2, -0.15) is 0 Å². The molecule has 0 radical (unpaired) electrons. The van der Waals surface area contributed by atoms with E-state index in [4.69, 9.17) is 0 Å². The Balaban J connectivity index is 2.09. The Kier molecular flexibility index (Phi) is 4.07. The topological polar surface area (TPSA) is 82.3 Å². The summed E-state index contributed by atoms with van der Waals surface area (Å²) in [6.07, 6.45) is 2.81. The maximum Gasteiger partial charge on any atom is 0.247 e. The highest BCUT2D eigenvalue weighted by Crippen LogP contribution is 2.17. The lowest BCUT2D eigenvalue weighted by Crippen LogP contribution is -2.47. The van der Waals surface area contributed by atoms with Gasteiger partial charge in [-0.1, -0.05) is 0 Å². The molecule has 1 aromatic rings. The number of nitrogens with one attached hydrogen (secondary N) is 2. The fraction of sp³-hybridized carbons (Fsp3) is 0.583. The van der Waals surface area contributed by atoms with E-state index in [1.165, 1.54) is 18.3 Å². The second-order valence-corrected chi connectivity index (χ2v) is 6.77. The molecule has 0 aliphatic carbocycles. The molecule has 7 heteroatoms. The first-order valence-corrected chi connectivity index (χ1v) is 7.78. The van der Waals surface area contributed by atoms with Gasteiger partial charge < -0.3 is 9.88 Å². The molecule has 0 aromatic carbocycles. The lowest BCUT2D eigenvalue weighted by Gasteiger charge is -2.35. The molecule has 2 N–H and O–H groups in total. The summed E-state index contributed by atoms with van der Waals surface area (Å²) in [6, 6.07) is 2.84. The second kappa shape index (κ2) is 5.44. The summed E-state index contributed by atoms with van der Waals surface area (Å²) >= 11 is 0. The smallest absolute Gasteiger partial charge is 0.247 e. The van der Waals surface area contributed by atoms with Gasteiger partial charge in [-0.05, 0) is 39.4 Å². The zero-order valence-electron chi connectivity index (χ0n) is 11.1. The number of nitrogens with zero attached hydrogens (tertiary/aromatic N) is 1. The van der Waals surface area contributed by atoms with E-state index in [1.54, 1.807) is 0 Å². The molecule has 0 amide bonds. The summed E-state index contributed by atoms with van der Waals surface area (Å²) in [7, 11) is -1.52. The predicted molar refractivity (Wildman–Crippen MR) is 72.5 cm³/mol. The Morgan fingerprint density at radius 3 is 2.74 bits per heavy atom. The molecule has 2 rings (SSSR count). The Bertz CT molecular complexity index is 576. The fourth-order valence-corrected chi connectivity index (χ4v) is 3.50. The summed E-state index contributed by atoms with van der Waals surface area (Å²) in [5, 5.41) is 0. The van der Waals surface area contributed by atoms with Crippen LogP contribution in [0.5, 0.6) is 0 Å². The molecule has 0 spiro atoms. The molecular weight excluding hydrogens is 266 g/mol. The average molecular weight is 285 g/mol. The van der Waals surface area contributed by atoms with Crippen LogP contribution in [-0.2, 0) is 10.0 Å². The molecule has 1 aliphatic rings. The second-order valence-electron chi connectivity index (χ2n) is 5.06. The summed E-state index contributed by atoms with van der Waals surface area (Å²) < 4.78 is 27.0. The van der Waals surface area contributed by atoms with Gasteiger partial charge in [0.25, 0.3) is 0 Å². The lowest BCUT2D eigenvalue weighted by atomic mass is 10.0. The van der Waals surface area contributed by atoms with E-state index in [0.29, 0.717) is 6.04 Å². The van der Waals surface area contributed by atoms with Gasteiger partial charge in [-0.25, -0.2) is 13.1 Å². The Hall–Kier alpha value is -1.18. The minimum Gasteiger partial charge on any atom is -0.328 e. The maximum atomic E-state index is 12.2. The van der Waals surface area contributed by atoms with Crippen LogP contribution in [0.2, 0.25) is 0 Å². The van der Waals surface area contributed by atoms with E-state index >= 15 is 0 Å². The van der Waals surface area contributed by atoms with Crippen molar-refractivity contribution in [3.05, 3.63) is 28.7 Å². The molecule has 19 heavy (non-hydrogen) atoms. The van der Waals surface area contributed by atoms with Gasteiger partial charge >= 0.3 is 0 Å². The van der Waals surface area contributed by atoms with Crippen molar-refractivity contribution < 1.29 is 8.42 Å². The Morgan fingerprint density at radius 2 is 2.16 bits per heavy atom. The van der Waals surface area contributed by atoms with Crippen LogP contribution in [-0.4, -0.2) is 44.0 Å². The van der Waals surface area contributed by atoms with Crippen molar-refractivity contribution in [3.8, 4) is 0 Å². The predicted octanol–water partition coefficient (Wildman–Crippen LogP) is 0.136. The van der Waals surface area contributed by atoms with E-state index in [2.05, 4.69) is 21.5 Å². The Labute approximate surface area is 112 Å². The van der Waals surface area contributed by atoms with Gasteiger partial charge in [0.15, 0.2) is 0 Å². The first-order valence-electron chi connectivity index (χ1n) is 6.30. The zero-order valence-corrected chi connectivity index (χ0v) is 11.9. The van der Waals surface area contributed by atoms with Crippen molar-refractivity contribution in [1.82, 2.24) is 14.6 Å². The van der Waals surface area contributed by atoms with Crippen molar-refractivity contribution in [2.24, 2.45) is 0 Å². The van der Waals surface area contributed by atoms with Gasteiger partial charge in [-0.15, -0.1) is 0 Å². The monoisotopic (exact) mass is 285 g/mol. The molecule has 1 fully saturated rings. The third-order valence-electron chi connectivity index (χ3n) is 3.60. The number of H-pyrrole nitrogens is 1. The first-order chi connectivity index (χ1) is 8.88. The number of piperidine rings is 1. The Morgan fingerprint density at radius 1 is 1.42 bits per heavy atom. The van der Waals surface area contributed by atoms with Crippen molar-refractivity contribution in [1.29, 1.82) is 0 Å². The molecular formula is C12H19N3O3S. The third-order valence-corrected chi connectivity index (χ3v) is 5.11. The van der Waals surface area contributed by atoms with E-state index < -0.39 is 10.0 Å². The number of rotatable bonds is 3. The number of sulfonamides is 1. The van der Waals surface area contributed by atoms with Gasteiger partial charge in [0.1, 0.15) is 0 Å². The minimum absolute atomic E-state index is 0.0527. The van der Waals surface area contributed by atoms with E-state index in [0.717, 1.165) is 19.4 Å². The summed E-state index contributed by atoms with van der Waals surface area (Å²) in [5.41, 5.74) is -0.313. The van der Waals surface area contributed by atoms with Gasteiger partial charge in [-0.3, -0.25) is 4.79 Å². The van der Waals surface area contributed by atoms with Crippen molar-refractivity contribution in [2.45, 2.75) is 36.7 Å². The van der Waals surface area contributed by atoms with Crippen LogP contribution >= 0.6 is 0 Å².